The van der Waals surface area contributed by atoms with Gasteiger partial charge in [-0.2, -0.15) is 0 Å². The first kappa shape index (κ1) is 13.5. The van der Waals surface area contributed by atoms with Crippen LogP contribution in [0.1, 0.15) is 27.2 Å². The summed E-state index contributed by atoms with van der Waals surface area (Å²) in [5.41, 5.74) is 0. The molecule has 0 heterocycles. The van der Waals surface area contributed by atoms with Crippen LogP contribution >= 0.6 is 0 Å². The lowest BCUT2D eigenvalue weighted by Gasteiger charge is -1.93. The van der Waals surface area contributed by atoms with Gasteiger partial charge in [-0.1, -0.05) is 6.92 Å². The van der Waals surface area contributed by atoms with E-state index in [9.17, 15) is 9.59 Å². The molecule has 0 rings (SSSR count). The summed E-state index contributed by atoms with van der Waals surface area (Å²) in [5.74, 6) is -0.123. The van der Waals surface area contributed by atoms with E-state index in [-0.39, 0.29) is 5.97 Å². The molecule has 0 aliphatic heterocycles. The van der Waals surface area contributed by atoms with Crippen LogP contribution in [0.5, 0.6) is 0 Å². The lowest BCUT2D eigenvalue weighted by Crippen LogP contribution is -2.00. The van der Waals surface area contributed by atoms with E-state index in [0.29, 0.717) is 26.1 Å². The second-order valence-electron chi connectivity index (χ2n) is 1.71. The molecule has 0 spiro atoms. The monoisotopic (exact) mass is 176 g/mol. The van der Waals surface area contributed by atoms with Crippen LogP contribution in [0.4, 0.5) is 0 Å². The van der Waals surface area contributed by atoms with Crippen molar-refractivity contribution in [1.82, 2.24) is 0 Å². The molecule has 12 heavy (non-hydrogen) atoms. The number of esters is 1. The standard InChI is InChI=1S/C5H10O2.C3H6O2/c1-3-5(6)7-4-2;1-2-5-3-4/h3-4H2,1-2H3;3H,2H2,1H3. The number of rotatable bonds is 4. The fraction of sp³-hybridized carbons (Fsp3) is 0.750. The van der Waals surface area contributed by atoms with Crippen molar-refractivity contribution in [2.24, 2.45) is 0 Å². The second-order valence-corrected chi connectivity index (χ2v) is 1.71. The van der Waals surface area contributed by atoms with Crippen molar-refractivity contribution in [3.8, 4) is 0 Å². The molecule has 0 bridgehead atoms. The number of hydrogen-bond donors (Lipinski definition) is 0. The van der Waals surface area contributed by atoms with Crippen molar-refractivity contribution in [3.05, 3.63) is 0 Å². The van der Waals surface area contributed by atoms with Gasteiger partial charge in [0.05, 0.1) is 13.2 Å². The summed E-state index contributed by atoms with van der Waals surface area (Å²) in [6, 6.07) is 0. The van der Waals surface area contributed by atoms with Crippen LogP contribution in [-0.2, 0) is 19.1 Å². The Balaban J connectivity index is 0. The molecule has 0 aromatic carbocycles. The van der Waals surface area contributed by atoms with Crippen molar-refractivity contribution >= 4 is 12.4 Å². The van der Waals surface area contributed by atoms with Crippen molar-refractivity contribution in [2.45, 2.75) is 27.2 Å². The first-order chi connectivity index (χ1) is 5.72. The molecule has 4 nitrogen and oxygen atoms in total. The Hall–Kier alpha value is -1.06. The topological polar surface area (TPSA) is 52.6 Å². The summed E-state index contributed by atoms with van der Waals surface area (Å²) in [6.45, 7) is 6.73. The maximum atomic E-state index is 10.2. The Morgan fingerprint density at radius 2 is 1.83 bits per heavy atom. The fourth-order valence-electron chi connectivity index (χ4n) is 0.331. The van der Waals surface area contributed by atoms with Crippen molar-refractivity contribution in [1.29, 1.82) is 0 Å². The summed E-state index contributed by atoms with van der Waals surface area (Å²) in [6.07, 6.45) is 0.480. The highest BCUT2D eigenvalue weighted by molar-refractivity contribution is 5.68. The molecule has 0 amide bonds. The number of ether oxygens (including phenoxy) is 2. The van der Waals surface area contributed by atoms with Crippen LogP contribution in [0.2, 0.25) is 0 Å². The van der Waals surface area contributed by atoms with Gasteiger partial charge in [-0.15, -0.1) is 0 Å². The molecule has 4 heteroatoms. The summed E-state index contributed by atoms with van der Waals surface area (Å²) >= 11 is 0. The number of carbonyl (C=O) groups excluding carboxylic acids is 2. The first-order valence-electron chi connectivity index (χ1n) is 3.93. The van der Waals surface area contributed by atoms with Gasteiger partial charge in [-0.25, -0.2) is 0 Å². The Kier molecular flexibility index (Phi) is 14.2. The third kappa shape index (κ3) is 16.0. The van der Waals surface area contributed by atoms with Crippen LogP contribution in [-0.4, -0.2) is 25.7 Å². The van der Waals surface area contributed by atoms with Gasteiger partial charge in [-0.3, -0.25) is 9.59 Å². The highest BCUT2D eigenvalue weighted by atomic mass is 16.5. The van der Waals surface area contributed by atoms with Crippen LogP contribution in [0.25, 0.3) is 0 Å². The molecule has 0 saturated carbocycles. The van der Waals surface area contributed by atoms with E-state index < -0.39 is 0 Å². The smallest absolute Gasteiger partial charge is 0.305 e. The molecule has 0 fully saturated rings. The lowest BCUT2D eigenvalue weighted by atomic mass is 10.5. The molecule has 0 saturated heterocycles. The zero-order valence-corrected chi connectivity index (χ0v) is 7.83. The van der Waals surface area contributed by atoms with Gasteiger partial charge in [-0.05, 0) is 13.8 Å². The maximum Gasteiger partial charge on any atom is 0.305 e. The van der Waals surface area contributed by atoms with Crippen molar-refractivity contribution in [3.63, 3.8) is 0 Å². The minimum atomic E-state index is -0.123. The van der Waals surface area contributed by atoms with Gasteiger partial charge < -0.3 is 9.47 Å². The molecule has 72 valence electrons. The fourth-order valence-corrected chi connectivity index (χ4v) is 0.331. The third-order valence-electron chi connectivity index (χ3n) is 0.829. The average Bonchev–Trinajstić information content (AvgIpc) is 2.07. The molecule has 0 aromatic rings. The normalized spacial score (nSPS) is 7.58. The van der Waals surface area contributed by atoms with E-state index in [1.807, 2.05) is 0 Å². The van der Waals surface area contributed by atoms with Crippen LogP contribution < -0.4 is 0 Å². The molecule has 0 aliphatic carbocycles. The Morgan fingerprint density at radius 1 is 1.25 bits per heavy atom. The zero-order chi connectivity index (χ0) is 9.82. The minimum absolute atomic E-state index is 0.123. The van der Waals surface area contributed by atoms with Gasteiger partial charge in [0.15, 0.2) is 0 Å². The van der Waals surface area contributed by atoms with Crippen LogP contribution in [0, 0.1) is 0 Å². The first-order valence-corrected chi connectivity index (χ1v) is 3.93. The van der Waals surface area contributed by atoms with E-state index in [4.69, 9.17) is 0 Å². The summed E-state index contributed by atoms with van der Waals surface area (Å²) in [4.78, 5) is 19.4. The Labute approximate surface area is 72.8 Å². The van der Waals surface area contributed by atoms with Crippen LogP contribution in [0.3, 0.4) is 0 Å². The molecular formula is C8H16O4. The van der Waals surface area contributed by atoms with Gasteiger partial charge >= 0.3 is 5.97 Å². The number of hydrogen-bond acceptors (Lipinski definition) is 4. The van der Waals surface area contributed by atoms with Gasteiger partial charge in [0, 0.05) is 6.42 Å². The number of carbonyl (C=O) groups is 2. The Morgan fingerprint density at radius 3 is 1.92 bits per heavy atom. The highest BCUT2D eigenvalue weighted by Gasteiger charge is 1.91. The third-order valence-corrected chi connectivity index (χ3v) is 0.829. The quantitative estimate of drug-likeness (QED) is 0.476. The minimum Gasteiger partial charge on any atom is -0.468 e. The van der Waals surface area contributed by atoms with Gasteiger partial charge in [0.2, 0.25) is 0 Å². The van der Waals surface area contributed by atoms with E-state index in [1.165, 1.54) is 0 Å². The summed E-state index contributed by atoms with van der Waals surface area (Å²) in [5, 5.41) is 0. The second kappa shape index (κ2) is 12.6. The molecule has 0 aromatic heterocycles. The predicted octanol–water partition coefficient (Wildman–Crippen LogP) is 1.14. The zero-order valence-electron chi connectivity index (χ0n) is 7.83. The van der Waals surface area contributed by atoms with E-state index in [0.717, 1.165) is 0 Å². The van der Waals surface area contributed by atoms with E-state index in [1.54, 1.807) is 20.8 Å². The Bertz CT molecular complexity index is 112. The lowest BCUT2D eigenvalue weighted by molar-refractivity contribution is -0.142. The van der Waals surface area contributed by atoms with E-state index >= 15 is 0 Å². The maximum absolute atomic E-state index is 10.2. The average molecular weight is 176 g/mol. The predicted molar refractivity (Wildman–Crippen MR) is 44.6 cm³/mol. The van der Waals surface area contributed by atoms with E-state index in [2.05, 4.69) is 9.47 Å². The molecule has 0 N–H and O–H groups in total. The SMILES string of the molecule is CCOC(=O)CC.CCOC=O. The van der Waals surface area contributed by atoms with Crippen LogP contribution in [0.15, 0.2) is 0 Å². The van der Waals surface area contributed by atoms with Gasteiger partial charge in [0.25, 0.3) is 6.47 Å². The van der Waals surface area contributed by atoms with Crippen molar-refractivity contribution in [2.75, 3.05) is 13.2 Å². The molecule has 0 atom stereocenters. The molecule has 0 aliphatic rings. The molecule has 0 radical (unpaired) electrons. The van der Waals surface area contributed by atoms with Gasteiger partial charge in [0.1, 0.15) is 0 Å². The summed E-state index contributed by atoms with van der Waals surface area (Å²) in [7, 11) is 0. The largest absolute Gasteiger partial charge is 0.468 e. The molecule has 0 unspecified atom stereocenters. The van der Waals surface area contributed by atoms with Crippen molar-refractivity contribution < 1.29 is 19.1 Å². The molecular weight excluding hydrogens is 160 g/mol. The highest BCUT2D eigenvalue weighted by Crippen LogP contribution is 1.80. The summed E-state index contributed by atoms with van der Waals surface area (Å²) < 4.78 is 8.70.